The van der Waals surface area contributed by atoms with Gasteiger partial charge in [0.15, 0.2) is 0 Å². The molecule has 0 amide bonds. The molecule has 2 aromatic rings. The second kappa shape index (κ2) is 6.53. The molecule has 2 nitrogen and oxygen atoms in total. The van der Waals surface area contributed by atoms with Crippen LogP contribution in [0.4, 0.5) is 0 Å². The highest BCUT2D eigenvalue weighted by Crippen LogP contribution is 2.20. The predicted octanol–water partition coefficient (Wildman–Crippen LogP) is 4.64. The summed E-state index contributed by atoms with van der Waals surface area (Å²) in [5.74, 6) is -0.919. The van der Waals surface area contributed by atoms with Gasteiger partial charge in [0.25, 0.3) is 0 Å². The molecule has 2 aromatic carbocycles. The standard InChI is InChI=1S/C17H15BrO2/c1-2-12-3-7-14(8-4-12)16(17(19)20)11-13-5-9-15(18)10-6-13/h3-11H,2H2,1H3,(H,19,20)/b16-11-. The van der Waals surface area contributed by atoms with Crippen LogP contribution < -0.4 is 0 Å². The second-order valence-electron chi connectivity index (χ2n) is 4.47. The average molecular weight is 331 g/mol. The van der Waals surface area contributed by atoms with Crippen molar-refractivity contribution in [2.24, 2.45) is 0 Å². The van der Waals surface area contributed by atoms with Crippen molar-refractivity contribution >= 4 is 33.5 Å². The number of rotatable bonds is 4. The van der Waals surface area contributed by atoms with Crippen molar-refractivity contribution in [3.05, 3.63) is 69.7 Å². The SMILES string of the molecule is CCc1ccc(/C(=C/c2ccc(Br)cc2)C(=O)O)cc1. The highest BCUT2D eigenvalue weighted by Gasteiger charge is 2.10. The van der Waals surface area contributed by atoms with E-state index in [-0.39, 0.29) is 0 Å². The van der Waals surface area contributed by atoms with Gasteiger partial charge in [0, 0.05) is 4.47 Å². The van der Waals surface area contributed by atoms with Gasteiger partial charge >= 0.3 is 5.97 Å². The zero-order valence-corrected chi connectivity index (χ0v) is 12.7. The minimum absolute atomic E-state index is 0.301. The van der Waals surface area contributed by atoms with E-state index in [2.05, 4.69) is 22.9 Å². The van der Waals surface area contributed by atoms with Crippen LogP contribution in [0.5, 0.6) is 0 Å². The van der Waals surface area contributed by atoms with E-state index in [0.717, 1.165) is 22.0 Å². The summed E-state index contributed by atoms with van der Waals surface area (Å²) in [5, 5.41) is 9.39. The van der Waals surface area contributed by atoms with Crippen molar-refractivity contribution in [1.29, 1.82) is 0 Å². The van der Waals surface area contributed by atoms with Crippen molar-refractivity contribution in [2.75, 3.05) is 0 Å². The molecule has 2 rings (SSSR count). The molecular formula is C17H15BrO2. The Labute approximate surface area is 126 Å². The third kappa shape index (κ3) is 3.58. The molecule has 0 saturated carbocycles. The van der Waals surface area contributed by atoms with Gasteiger partial charge in [0.05, 0.1) is 5.57 Å². The summed E-state index contributed by atoms with van der Waals surface area (Å²) in [6, 6.07) is 15.2. The van der Waals surface area contributed by atoms with E-state index in [0.29, 0.717) is 5.57 Å². The maximum absolute atomic E-state index is 11.4. The number of halogens is 1. The maximum atomic E-state index is 11.4. The molecule has 0 aromatic heterocycles. The molecule has 0 heterocycles. The fourth-order valence-corrected chi connectivity index (χ4v) is 2.18. The topological polar surface area (TPSA) is 37.3 Å². The first kappa shape index (κ1) is 14.5. The van der Waals surface area contributed by atoms with E-state index in [1.165, 1.54) is 5.56 Å². The van der Waals surface area contributed by atoms with E-state index < -0.39 is 5.97 Å². The van der Waals surface area contributed by atoms with Gasteiger partial charge in [-0.2, -0.15) is 0 Å². The highest BCUT2D eigenvalue weighted by atomic mass is 79.9. The molecule has 0 bridgehead atoms. The smallest absolute Gasteiger partial charge is 0.336 e. The first-order valence-electron chi connectivity index (χ1n) is 6.40. The Balaban J connectivity index is 2.39. The second-order valence-corrected chi connectivity index (χ2v) is 5.38. The van der Waals surface area contributed by atoms with Crippen LogP contribution in [0.2, 0.25) is 0 Å². The van der Waals surface area contributed by atoms with Crippen LogP contribution >= 0.6 is 15.9 Å². The Hall–Kier alpha value is -1.87. The summed E-state index contributed by atoms with van der Waals surface area (Å²) in [6.45, 7) is 2.07. The minimum Gasteiger partial charge on any atom is -0.478 e. The fourth-order valence-electron chi connectivity index (χ4n) is 1.91. The molecule has 0 saturated heterocycles. The van der Waals surface area contributed by atoms with Crippen molar-refractivity contribution in [3.63, 3.8) is 0 Å². The first-order chi connectivity index (χ1) is 9.60. The zero-order valence-electron chi connectivity index (χ0n) is 11.1. The molecule has 0 aliphatic rings. The van der Waals surface area contributed by atoms with E-state index in [1.807, 2.05) is 48.5 Å². The van der Waals surface area contributed by atoms with Crippen molar-refractivity contribution in [2.45, 2.75) is 13.3 Å². The molecule has 0 fully saturated rings. The number of carboxylic acids is 1. The average Bonchev–Trinajstić information content (AvgIpc) is 2.46. The van der Waals surface area contributed by atoms with Gasteiger partial charge in [0.2, 0.25) is 0 Å². The van der Waals surface area contributed by atoms with Gasteiger partial charge in [-0.05, 0) is 41.3 Å². The molecule has 0 unspecified atom stereocenters. The van der Waals surface area contributed by atoms with Crippen molar-refractivity contribution in [1.82, 2.24) is 0 Å². The summed E-state index contributed by atoms with van der Waals surface area (Å²) in [6.07, 6.45) is 2.63. The van der Waals surface area contributed by atoms with Crippen LogP contribution in [0, 0.1) is 0 Å². The Morgan fingerprint density at radius 3 is 2.20 bits per heavy atom. The summed E-state index contributed by atoms with van der Waals surface area (Å²) in [7, 11) is 0. The summed E-state index contributed by atoms with van der Waals surface area (Å²) >= 11 is 3.36. The molecule has 0 spiro atoms. The molecule has 3 heteroatoms. The summed E-state index contributed by atoms with van der Waals surface area (Å²) in [4.78, 5) is 11.4. The van der Waals surface area contributed by atoms with Crippen molar-refractivity contribution < 1.29 is 9.90 Å². The Kier molecular flexibility index (Phi) is 4.74. The number of hydrogen-bond donors (Lipinski definition) is 1. The third-order valence-corrected chi connectivity index (χ3v) is 3.61. The van der Waals surface area contributed by atoms with Crippen LogP contribution in [-0.4, -0.2) is 11.1 Å². The lowest BCUT2D eigenvalue weighted by atomic mass is 10.0. The van der Waals surface area contributed by atoms with Crippen LogP contribution in [0.15, 0.2) is 53.0 Å². The quantitative estimate of drug-likeness (QED) is 0.655. The van der Waals surface area contributed by atoms with E-state index in [1.54, 1.807) is 6.08 Å². The molecule has 0 aliphatic heterocycles. The number of hydrogen-bond acceptors (Lipinski definition) is 1. The van der Waals surface area contributed by atoms with E-state index >= 15 is 0 Å². The molecule has 0 aliphatic carbocycles. The molecule has 0 radical (unpaired) electrons. The number of aliphatic carboxylic acids is 1. The summed E-state index contributed by atoms with van der Waals surface area (Å²) in [5.41, 5.74) is 3.08. The normalized spacial score (nSPS) is 11.4. The maximum Gasteiger partial charge on any atom is 0.336 e. The van der Waals surface area contributed by atoms with Crippen LogP contribution in [0.1, 0.15) is 23.6 Å². The van der Waals surface area contributed by atoms with Crippen LogP contribution in [0.25, 0.3) is 11.6 Å². The number of aryl methyl sites for hydroxylation is 1. The van der Waals surface area contributed by atoms with Crippen LogP contribution in [-0.2, 0) is 11.2 Å². The Morgan fingerprint density at radius 2 is 1.70 bits per heavy atom. The van der Waals surface area contributed by atoms with Crippen molar-refractivity contribution in [3.8, 4) is 0 Å². The minimum atomic E-state index is -0.919. The lowest BCUT2D eigenvalue weighted by Gasteiger charge is -2.05. The molecule has 0 atom stereocenters. The van der Waals surface area contributed by atoms with E-state index in [4.69, 9.17) is 0 Å². The zero-order chi connectivity index (χ0) is 14.5. The molecule has 20 heavy (non-hydrogen) atoms. The van der Waals surface area contributed by atoms with E-state index in [9.17, 15) is 9.90 Å². The van der Waals surface area contributed by atoms with Crippen LogP contribution in [0.3, 0.4) is 0 Å². The van der Waals surface area contributed by atoms with Gasteiger partial charge in [0.1, 0.15) is 0 Å². The monoisotopic (exact) mass is 330 g/mol. The highest BCUT2D eigenvalue weighted by molar-refractivity contribution is 9.10. The fraction of sp³-hybridized carbons (Fsp3) is 0.118. The Bertz CT molecular complexity index is 625. The predicted molar refractivity (Wildman–Crippen MR) is 85.5 cm³/mol. The Morgan fingerprint density at radius 1 is 1.10 bits per heavy atom. The summed E-state index contributed by atoms with van der Waals surface area (Å²) < 4.78 is 0.971. The lowest BCUT2D eigenvalue weighted by Crippen LogP contribution is -1.99. The van der Waals surface area contributed by atoms with Gasteiger partial charge in [-0.3, -0.25) is 0 Å². The largest absolute Gasteiger partial charge is 0.478 e. The lowest BCUT2D eigenvalue weighted by molar-refractivity contribution is -0.130. The first-order valence-corrected chi connectivity index (χ1v) is 7.19. The molecule has 1 N–H and O–H groups in total. The third-order valence-electron chi connectivity index (χ3n) is 3.08. The molecule has 102 valence electrons. The van der Waals surface area contributed by atoms with Gasteiger partial charge in [-0.1, -0.05) is 59.3 Å². The number of carboxylic acid groups (broad SMARTS) is 1. The van der Waals surface area contributed by atoms with Gasteiger partial charge in [-0.15, -0.1) is 0 Å². The van der Waals surface area contributed by atoms with Gasteiger partial charge in [-0.25, -0.2) is 4.79 Å². The number of benzene rings is 2. The molecular weight excluding hydrogens is 316 g/mol. The van der Waals surface area contributed by atoms with Gasteiger partial charge < -0.3 is 5.11 Å². The number of carbonyl (C=O) groups is 1.